The number of hydrogen-bond donors (Lipinski definition) is 3. The van der Waals surface area contributed by atoms with Gasteiger partial charge < -0.3 is 20.8 Å². The van der Waals surface area contributed by atoms with Crippen molar-refractivity contribution < 1.29 is 9.21 Å². The fraction of sp³-hybridized carbons (Fsp3) is 0.500. The lowest BCUT2D eigenvalue weighted by molar-refractivity contribution is 0.0972. The number of nitrogens with one attached hydrogen (secondary N) is 2. The van der Waals surface area contributed by atoms with Crippen molar-refractivity contribution in [2.24, 2.45) is 10.7 Å². The molecule has 1 aromatic rings. The van der Waals surface area contributed by atoms with Crippen molar-refractivity contribution in [1.82, 2.24) is 10.6 Å². The number of furan rings is 1. The third-order valence-electron chi connectivity index (χ3n) is 2.55. The first-order chi connectivity index (χ1) is 8.56. The Kier molecular flexibility index (Phi) is 8.21. The van der Waals surface area contributed by atoms with E-state index in [4.69, 9.17) is 10.2 Å². The highest BCUT2D eigenvalue weighted by Crippen LogP contribution is 2.06. The van der Waals surface area contributed by atoms with Gasteiger partial charge in [0.2, 0.25) is 0 Å². The van der Waals surface area contributed by atoms with E-state index in [1.54, 1.807) is 19.2 Å². The second-order valence-electron chi connectivity index (χ2n) is 4.01. The van der Waals surface area contributed by atoms with E-state index in [9.17, 15) is 4.79 Å². The lowest BCUT2D eigenvalue weighted by atomic mass is 10.3. The zero-order valence-electron chi connectivity index (χ0n) is 11.4. The van der Waals surface area contributed by atoms with Crippen molar-refractivity contribution in [3.05, 3.63) is 23.7 Å². The van der Waals surface area contributed by atoms with E-state index in [1.165, 1.54) is 0 Å². The van der Waals surface area contributed by atoms with E-state index in [-0.39, 0.29) is 29.7 Å². The average Bonchev–Trinajstić information content (AvgIpc) is 2.83. The zero-order valence-corrected chi connectivity index (χ0v) is 13.7. The minimum absolute atomic E-state index is 0. The summed E-state index contributed by atoms with van der Waals surface area (Å²) < 4.78 is 5.25. The molecule has 1 atom stereocenters. The summed E-state index contributed by atoms with van der Waals surface area (Å²) in [5.74, 6) is 0.928. The smallest absolute Gasteiger partial charge is 0.284 e. The Morgan fingerprint density at radius 3 is 2.68 bits per heavy atom. The highest BCUT2D eigenvalue weighted by atomic mass is 127. The molecule has 0 aliphatic heterocycles. The van der Waals surface area contributed by atoms with E-state index >= 15 is 0 Å². The molecule has 108 valence electrons. The zero-order chi connectivity index (χ0) is 13.5. The molecule has 0 saturated carbocycles. The summed E-state index contributed by atoms with van der Waals surface area (Å²) in [7, 11) is 1.70. The van der Waals surface area contributed by atoms with Crippen LogP contribution < -0.4 is 16.4 Å². The van der Waals surface area contributed by atoms with Crippen LogP contribution in [0.25, 0.3) is 0 Å². The molecule has 0 radical (unpaired) electrons. The lowest BCUT2D eigenvalue weighted by Gasteiger charge is -2.15. The van der Waals surface area contributed by atoms with Gasteiger partial charge in [-0.15, -0.1) is 24.0 Å². The maximum Gasteiger partial charge on any atom is 0.284 e. The maximum absolute atomic E-state index is 10.9. The number of guanidine groups is 1. The maximum atomic E-state index is 10.9. The van der Waals surface area contributed by atoms with Gasteiger partial charge in [0, 0.05) is 13.1 Å². The van der Waals surface area contributed by atoms with Gasteiger partial charge in [-0.3, -0.25) is 9.79 Å². The molecule has 0 aliphatic rings. The molecule has 0 saturated heterocycles. The molecule has 1 heterocycles. The summed E-state index contributed by atoms with van der Waals surface area (Å²) in [5, 5.41) is 6.32. The van der Waals surface area contributed by atoms with E-state index in [2.05, 4.69) is 29.5 Å². The molecule has 0 bridgehead atoms. The molecule has 1 rings (SSSR count). The predicted molar refractivity (Wildman–Crippen MR) is 85.7 cm³/mol. The minimum atomic E-state index is -0.566. The Balaban J connectivity index is 0.00000324. The number of amides is 1. The fourth-order valence-corrected chi connectivity index (χ4v) is 1.31. The van der Waals surface area contributed by atoms with Crippen LogP contribution >= 0.6 is 24.0 Å². The van der Waals surface area contributed by atoms with Gasteiger partial charge in [-0.05, 0) is 25.5 Å². The van der Waals surface area contributed by atoms with Crippen molar-refractivity contribution in [2.45, 2.75) is 32.9 Å². The number of nitrogens with two attached hydrogens (primary N) is 1. The molecule has 1 unspecified atom stereocenters. The topological polar surface area (TPSA) is 92.6 Å². The van der Waals surface area contributed by atoms with Crippen LogP contribution in [0.3, 0.4) is 0 Å². The molecule has 4 N–H and O–H groups in total. The van der Waals surface area contributed by atoms with Crippen LogP contribution in [0.15, 0.2) is 21.5 Å². The van der Waals surface area contributed by atoms with Gasteiger partial charge in [-0.2, -0.15) is 0 Å². The molecule has 0 fully saturated rings. The standard InChI is InChI=1S/C12H20N4O2.HI/c1-4-8(2)16-12(14-3)15-7-9-5-6-10(18-9)11(13)17;/h5-6,8H,4,7H2,1-3H3,(H2,13,17)(H2,14,15,16);1H. The number of carbonyl (C=O) groups is 1. The van der Waals surface area contributed by atoms with Crippen LogP contribution in [0.2, 0.25) is 0 Å². The van der Waals surface area contributed by atoms with E-state index < -0.39 is 5.91 Å². The third-order valence-corrected chi connectivity index (χ3v) is 2.55. The summed E-state index contributed by atoms with van der Waals surface area (Å²) in [4.78, 5) is 15.0. The minimum Gasteiger partial charge on any atom is -0.454 e. The Labute approximate surface area is 130 Å². The van der Waals surface area contributed by atoms with E-state index in [0.29, 0.717) is 24.3 Å². The number of primary amides is 1. The van der Waals surface area contributed by atoms with E-state index in [1.807, 2.05) is 0 Å². The predicted octanol–water partition coefficient (Wildman–Crippen LogP) is 1.46. The number of carbonyl (C=O) groups excluding carboxylic acids is 1. The third kappa shape index (κ3) is 5.95. The summed E-state index contributed by atoms with van der Waals surface area (Å²) in [6.45, 7) is 4.62. The summed E-state index contributed by atoms with van der Waals surface area (Å²) in [6.07, 6.45) is 1.01. The van der Waals surface area contributed by atoms with Gasteiger partial charge in [-0.1, -0.05) is 6.92 Å². The number of aliphatic imine (C=N–C) groups is 1. The molecule has 7 heteroatoms. The normalized spacial score (nSPS) is 12.5. The van der Waals surface area contributed by atoms with Crippen molar-refractivity contribution in [3.63, 3.8) is 0 Å². The van der Waals surface area contributed by atoms with Gasteiger partial charge in [-0.25, -0.2) is 0 Å². The van der Waals surface area contributed by atoms with Gasteiger partial charge in [0.1, 0.15) is 5.76 Å². The van der Waals surface area contributed by atoms with Gasteiger partial charge in [0.15, 0.2) is 11.7 Å². The van der Waals surface area contributed by atoms with Crippen molar-refractivity contribution in [2.75, 3.05) is 7.05 Å². The molecule has 6 nitrogen and oxygen atoms in total. The van der Waals surface area contributed by atoms with Crippen LogP contribution in [0.5, 0.6) is 0 Å². The molecular weight excluding hydrogens is 359 g/mol. The Hall–Kier alpha value is -1.25. The Morgan fingerprint density at radius 1 is 1.53 bits per heavy atom. The molecule has 1 amide bonds. The van der Waals surface area contributed by atoms with E-state index in [0.717, 1.165) is 6.42 Å². The number of rotatable bonds is 5. The van der Waals surface area contributed by atoms with Crippen molar-refractivity contribution in [1.29, 1.82) is 0 Å². The Morgan fingerprint density at radius 2 is 2.21 bits per heavy atom. The highest BCUT2D eigenvalue weighted by molar-refractivity contribution is 14.0. The SMILES string of the molecule is CCC(C)NC(=NC)NCc1ccc(C(N)=O)o1.I. The van der Waals surface area contributed by atoms with Gasteiger partial charge in [0.05, 0.1) is 6.54 Å². The lowest BCUT2D eigenvalue weighted by Crippen LogP contribution is -2.41. The van der Waals surface area contributed by atoms with Gasteiger partial charge in [0.25, 0.3) is 5.91 Å². The van der Waals surface area contributed by atoms with Crippen LogP contribution in [0.1, 0.15) is 36.6 Å². The largest absolute Gasteiger partial charge is 0.454 e. The number of halogens is 1. The first kappa shape index (κ1) is 17.8. The fourth-order valence-electron chi connectivity index (χ4n) is 1.31. The van der Waals surface area contributed by atoms with Crippen molar-refractivity contribution in [3.8, 4) is 0 Å². The number of hydrogen-bond acceptors (Lipinski definition) is 3. The van der Waals surface area contributed by atoms with Crippen LogP contribution in [0.4, 0.5) is 0 Å². The molecule has 1 aromatic heterocycles. The van der Waals surface area contributed by atoms with Crippen LogP contribution in [-0.2, 0) is 6.54 Å². The molecule has 0 aromatic carbocycles. The molecule has 0 spiro atoms. The highest BCUT2D eigenvalue weighted by Gasteiger charge is 2.08. The summed E-state index contributed by atoms with van der Waals surface area (Å²) >= 11 is 0. The first-order valence-electron chi connectivity index (χ1n) is 5.92. The first-order valence-corrected chi connectivity index (χ1v) is 5.92. The quantitative estimate of drug-likeness (QED) is 0.410. The molecule has 0 aliphatic carbocycles. The van der Waals surface area contributed by atoms with Gasteiger partial charge >= 0.3 is 0 Å². The second-order valence-corrected chi connectivity index (χ2v) is 4.01. The average molecular weight is 380 g/mol. The summed E-state index contributed by atoms with van der Waals surface area (Å²) in [6, 6.07) is 3.61. The molecule has 19 heavy (non-hydrogen) atoms. The Bertz CT molecular complexity index is 431. The monoisotopic (exact) mass is 380 g/mol. The van der Waals surface area contributed by atoms with Crippen LogP contribution in [0, 0.1) is 0 Å². The van der Waals surface area contributed by atoms with Crippen LogP contribution in [-0.4, -0.2) is 25.0 Å². The number of nitrogens with zero attached hydrogens (tertiary/aromatic N) is 1. The second kappa shape index (κ2) is 8.78. The van der Waals surface area contributed by atoms with Crippen molar-refractivity contribution >= 4 is 35.8 Å². The summed E-state index contributed by atoms with van der Waals surface area (Å²) in [5.41, 5.74) is 5.10. The molecular formula is C12H21IN4O2.